The summed E-state index contributed by atoms with van der Waals surface area (Å²) in [5.41, 5.74) is 3.83. The van der Waals surface area contributed by atoms with E-state index in [4.69, 9.17) is 0 Å². The highest BCUT2D eigenvalue weighted by atomic mass is 32.1. The molecule has 0 radical (unpaired) electrons. The Morgan fingerprint density at radius 3 is 2.95 bits per heavy atom. The molecular weight excluding hydrogens is 268 g/mol. The summed E-state index contributed by atoms with van der Waals surface area (Å²) in [5, 5.41) is 6.24. The zero-order valence-corrected chi connectivity index (χ0v) is 12.6. The Kier molecular flexibility index (Phi) is 3.57. The number of benzene rings is 1. The predicted octanol–water partition coefficient (Wildman–Crippen LogP) is 3.57. The van der Waals surface area contributed by atoms with Gasteiger partial charge in [-0.2, -0.15) is 0 Å². The van der Waals surface area contributed by atoms with Crippen molar-refractivity contribution in [1.82, 2.24) is 10.3 Å². The second kappa shape index (κ2) is 5.37. The van der Waals surface area contributed by atoms with Gasteiger partial charge in [0.2, 0.25) is 0 Å². The molecule has 1 fully saturated rings. The maximum absolute atomic E-state index is 12.2. The molecule has 1 amide bonds. The van der Waals surface area contributed by atoms with Gasteiger partial charge in [-0.05, 0) is 38.3 Å². The maximum atomic E-state index is 12.2. The van der Waals surface area contributed by atoms with E-state index in [1.54, 1.807) is 11.3 Å². The zero-order valence-electron chi connectivity index (χ0n) is 11.8. The van der Waals surface area contributed by atoms with Crippen molar-refractivity contribution in [1.29, 1.82) is 0 Å². The van der Waals surface area contributed by atoms with E-state index >= 15 is 0 Å². The average molecular weight is 286 g/mol. The van der Waals surface area contributed by atoms with Crippen LogP contribution in [0.5, 0.6) is 0 Å². The number of aryl methyl sites for hydroxylation is 2. The molecular formula is C16H18N2OS. The zero-order chi connectivity index (χ0) is 14.1. The van der Waals surface area contributed by atoms with Crippen LogP contribution in [0.2, 0.25) is 0 Å². The van der Waals surface area contributed by atoms with E-state index in [9.17, 15) is 4.79 Å². The summed E-state index contributed by atoms with van der Waals surface area (Å²) in [7, 11) is 0. The van der Waals surface area contributed by atoms with Crippen LogP contribution in [0.15, 0.2) is 23.6 Å². The summed E-state index contributed by atoms with van der Waals surface area (Å²) in [6.07, 6.45) is 2.53. The molecule has 0 unspecified atom stereocenters. The highest BCUT2D eigenvalue weighted by Crippen LogP contribution is 2.41. The van der Waals surface area contributed by atoms with E-state index in [2.05, 4.69) is 15.7 Å². The van der Waals surface area contributed by atoms with Crippen LogP contribution in [0.4, 0.5) is 0 Å². The van der Waals surface area contributed by atoms with Crippen LogP contribution < -0.4 is 5.32 Å². The van der Waals surface area contributed by atoms with Gasteiger partial charge in [0, 0.05) is 16.9 Å². The normalized spacial score (nSPS) is 14.3. The molecule has 3 nitrogen and oxygen atoms in total. The number of aromatic nitrogens is 1. The van der Waals surface area contributed by atoms with Crippen LogP contribution in [0.1, 0.15) is 50.9 Å². The predicted molar refractivity (Wildman–Crippen MR) is 81.2 cm³/mol. The summed E-state index contributed by atoms with van der Waals surface area (Å²) in [6.45, 7) is 4.47. The lowest BCUT2D eigenvalue weighted by atomic mass is 10.1. The number of carbonyl (C=O) groups excluding carboxylic acids is 1. The van der Waals surface area contributed by atoms with Crippen molar-refractivity contribution in [2.24, 2.45) is 0 Å². The SMILES string of the molecule is Cc1ccc(C)c(C(=O)NCc2csc(C3CC3)n2)c1. The van der Waals surface area contributed by atoms with Crippen molar-refractivity contribution < 1.29 is 4.79 Å². The van der Waals surface area contributed by atoms with Crippen molar-refractivity contribution >= 4 is 17.2 Å². The monoisotopic (exact) mass is 286 g/mol. The van der Waals surface area contributed by atoms with Crippen LogP contribution in [-0.4, -0.2) is 10.9 Å². The van der Waals surface area contributed by atoms with Gasteiger partial charge in [-0.15, -0.1) is 11.3 Å². The largest absolute Gasteiger partial charge is 0.346 e. The van der Waals surface area contributed by atoms with Gasteiger partial charge in [-0.25, -0.2) is 4.98 Å². The lowest BCUT2D eigenvalue weighted by molar-refractivity contribution is 0.0950. The third-order valence-corrected chi connectivity index (χ3v) is 4.62. The fourth-order valence-corrected chi connectivity index (χ4v) is 3.16. The molecule has 1 aromatic carbocycles. The van der Waals surface area contributed by atoms with E-state index in [1.807, 2.05) is 32.0 Å². The first-order chi connectivity index (χ1) is 9.63. The fourth-order valence-electron chi connectivity index (χ4n) is 2.17. The number of thiazole rings is 1. The molecule has 20 heavy (non-hydrogen) atoms. The maximum Gasteiger partial charge on any atom is 0.251 e. The molecule has 0 bridgehead atoms. The Morgan fingerprint density at radius 1 is 1.40 bits per heavy atom. The van der Waals surface area contributed by atoms with Crippen molar-refractivity contribution in [2.75, 3.05) is 0 Å². The Morgan fingerprint density at radius 2 is 2.20 bits per heavy atom. The van der Waals surface area contributed by atoms with Crippen molar-refractivity contribution in [3.05, 3.63) is 51.0 Å². The minimum atomic E-state index is -0.0211. The lowest BCUT2D eigenvalue weighted by Gasteiger charge is -2.07. The van der Waals surface area contributed by atoms with Crippen molar-refractivity contribution in [3.63, 3.8) is 0 Å². The highest BCUT2D eigenvalue weighted by Gasteiger charge is 2.26. The minimum Gasteiger partial charge on any atom is -0.346 e. The van der Waals surface area contributed by atoms with Gasteiger partial charge in [-0.1, -0.05) is 17.7 Å². The molecule has 1 aromatic heterocycles. The molecule has 1 heterocycles. The highest BCUT2D eigenvalue weighted by molar-refractivity contribution is 7.09. The number of hydrogen-bond donors (Lipinski definition) is 1. The molecule has 1 aliphatic rings. The topological polar surface area (TPSA) is 42.0 Å². The molecule has 104 valence electrons. The number of nitrogens with zero attached hydrogens (tertiary/aromatic N) is 1. The summed E-state index contributed by atoms with van der Waals surface area (Å²) in [4.78, 5) is 16.8. The molecule has 1 N–H and O–H groups in total. The lowest BCUT2D eigenvalue weighted by Crippen LogP contribution is -2.23. The molecule has 3 rings (SSSR count). The first-order valence-corrected chi connectivity index (χ1v) is 7.81. The number of carbonyl (C=O) groups is 1. The first kappa shape index (κ1) is 13.3. The molecule has 0 aliphatic heterocycles. The summed E-state index contributed by atoms with van der Waals surface area (Å²) in [5.74, 6) is 0.663. The molecule has 1 aliphatic carbocycles. The Labute approximate surface area is 123 Å². The Hall–Kier alpha value is -1.68. The second-order valence-corrected chi connectivity index (χ2v) is 6.34. The molecule has 0 saturated heterocycles. The number of hydrogen-bond acceptors (Lipinski definition) is 3. The smallest absolute Gasteiger partial charge is 0.251 e. The molecule has 4 heteroatoms. The van der Waals surface area contributed by atoms with Gasteiger partial charge < -0.3 is 5.32 Å². The van der Waals surface area contributed by atoms with Gasteiger partial charge in [0.05, 0.1) is 17.2 Å². The van der Waals surface area contributed by atoms with Gasteiger partial charge in [-0.3, -0.25) is 4.79 Å². The molecule has 1 saturated carbocycles. The summed E-state index contributed by atoms with van der Waals surface area (Å²) in [6, 6.07) is 5.94. The third kappa shape index (κ3) is 2.90. The molecule has 0 atom stereocenters. The van der Waals surface area contributed by atoms with Crippen LogP contribution >= 0.6 is 11.3 Å². The van der Waals surface area contributed by atoms with Crippen molar-refractivity contribution in [2.45, 2.75) is 39.2 Å². The van der Waals surface area contributed by atoms with Gasteiger partial charge in [0.15, 0.2) is 0 Å². The number of nitrogens with one attached hydrogen (secondary N) is 1. The average Bonchev–Trinajstić information content (AvgIpc) is 3.18. The number of rotatable bonds is 4. The van der Waals surface area contributed by atoms with E-state index in [-0.39, 0.29) is 5.91 Å². The van der Waals surface area contributed by atoms with Crippen LogP contribution in [0, 0.1) is 13.8 Å². The van der Waals surface area contributed by atoms with E-state index in [0.717, 1.165) is 22.4 Å². The molecule has 2 aromatic rings. The second-order valence-electron chi connectivity index (χ2n) is 5.45. The summed E-state index contributed by atoms with van der Waals surface area (Å²) < 4.78 is 0. The van der Waals surface area contributed by atoms with Crippen LogP contribution in [0.25, 0.3) is 0 Å². The first-order valence-electron chi connectivity index (χ1n) is 6.93. The van der Waals surface area contributed by atoms with Crippen LogP contribution in [0.3, 0.4) is 0 Å². The molecule has 0 spiro atoms. The van der Waals surface area contributed by atoms with Crippen molar-refractivity contribution in [3.8, 4) is 0 Å². The van der Waals surface area contributed by atoms with Crippen LogP contribution in [-0.2, 0) is 6.54 Å². The third-order valence-electron chi connectivity index (χ3n) is 3.56. The van der Waals surface area contributed by atoms with E-state index in [0.29, 0.717) is 12.5 Å². The van der Waals surface area contributed by atoms with Gasteiger partial charge in [0.25, 0.3) is 5.91 Å². The Bertz CT molecular complexity index is 644. The van der Waals surface area contributed by atoms with E-state index < -0.39 is 0 Å². The van der Waals surface area contributed by atoms with E-state index in [1.165, 1.54) is 17.8 Å². The minimum absolute atomic E-state index is 0.0211. The Balaban J connectivity index is 1.64. The standard InChI is InChI=1S/C16H18N2OS/c1-10-3-4-11(2)14(7-10)15(19)17-8-13-9-20-16(18-13)12-5-6-12/h3-4,7,9,12H,5-6,8H2,1-2H3,(H,17,19). The van der Waals surface area contributed by atoms with Gasteiger partial charge in [0.1, 0.15) is 0 Å². The fraction of sp³-hybridized carbons (Fsp3) is 0.375. The van der Waals surface area contributed by atoms with Gasteiger partial charge >= 0.3 is 0 Å². The summed E-state index contributed by atoms with van der Waals surface area (Å²) >= 11 is 1.71. The number of amides is 1. The quantitative estimate of drug-likeness (QED) is 0.933.